The highest BCUT2D eigenvalue weighted by atomic mass is 32.2. The van der Waals surface area contributed by atoms with Gasteiger partial charge in [0.1, 0.15) is 17.3 Å². The number of halogens is 4. The standard InChI is InChI=1S/C17H13F4N3O3S/c1-26-11-4-6-12(7-5-11)28(2,25)24-14-8-3-10(9-13(14)18)15-22-16(27-23-15)17(19,20)21/h3-9H,1-2H3. The summed E-state index contributed by atoms with van der Waals surface area (Å²) in [4.78, 5) is 3.56. The molecule has 1 heterocycles. The first kappa shape index (κ1) is 19.8. The van der Waals surface area contributed by atoms with Crippen LogP contribution >= 0.6 is 0 Å². The van der Waals surface area contributed by atoms with Gasteiger partial charge in [-0.15, -0.1) is 0 Å². The molecule has 0 N–H and O–H groups in total. The second-order valence-electron chi connectivity index (χ2n) is 5.66. The van der Waals surface area contributed by atoms with E-state index in [-0.39, 0.29) is 11.3 Å². The normalized spacial score (nSPS) is 13.8. The van der Waals surface area contributed by atoms with E-state index in [0.717, 1.165) is 6.07 Å². The van der Waals surface area contributed by atoms with Gasteiger partial charge < -0.3 is 9.26 Å². The van der Waals surface area contributed by atoms with Crippen molar-refractivity contribution >= 4 is 15.4 Å². The zero-order valence-corrected chi connectivity index (χ0v) is 15.3. The van der Waals surface area contributed by atoms with E-state index in [1.807, 2.05) is 0 Å². The maximum absolute atomic E-state index is 14.4. The zero-order valence-electron chi connectivity index (χ0n) is 14.5. The number of alkyl halides is 3. The lowest BCUT2D eigenvalue weighted by atomic mass is 10.2. The van der Waals surface area contributed by atoms with Crippen molar-refractivity contribution in [2.75, 3.05) is 13.4 Å². The summed E-state index contributed by atoms with van der Waals surface area (Å²) in [7, 11) is -1.49. The van der Waals surface area contributed by atoms with Crippen molar-refractivity contribution in [1.82, 2.24) is 10.1 Å². The van der Waals surface area contributed by atoms with Gasteiger partial charge in [-0.2, -0.15) is 22.5 Å². The van der Waals surface area contributed by atoms with Gasteiger partial charge in [0.15, 0.2) is 0 Å². The van der Waals surface area contributed by atoms with Crippen molar-refractivity contribution in [3.8, 4) is 17.1 Å². The van der Waals surface area contributed by atoms with Gasteiger partial charge in [-0.05, 0) is 42.5 Å². The molecule has 0 amide bonds. The number of hydrogen-bond donors (Lipinski definition) is 0. The summed E-state index contributed by atoms with van der Waals surface area (Å²) in [6.07, 6.45) is -3.46. The van der Waals surface area contributed by atoms with Crippen LogP contribution in [0.15, 0.2) is 56.2 Å². The number of methoxy groups -OCH3 is 1. The van der Waals surface area contributed by atoms with Crippen molar-refractivity contribution in [2.45, 2.75) is 11.1 Å². The van der Waals surface area contributed by atoms with Crippen LogP contribution in [0.25, 0.3) is 11.4 Å². The Morgan fingerprint density at radius 3 is 2.36 bits per heavy atom. The first-order valence-electron chi connectivity index (χ1n) is 7.67. The van der Waals surface area contributed by atoms with Gasteiger partial charge in [0.25, 0.3) is 0 Å². The molecule has 0 fully saturated rings. The molecule has 0 aliphatic carbocycles. The average Bonchev–Trinajstić information content (AvgIpc) is 3.14. The molecule has 2 aromatic carbocycles. The third kappa shape index (κ3) is 4.14. The van der Waals surface area contributed by atoms with Crippen LogP contribution in [-0.2, 0) is 15.9 Å². The largest absolute Gasteiger partial charge is 0.497 e. The Hall–Kier alpha value is -2.95. The van der Waals surface area contributed by atoms with Crippen LogP contribution in [0.1, 0.15) is 5.89 Å². The van der Waals surface area contributed by atoms with Crippen molar-refractivity contribution in [1.29, 1.82) is 0 Å². The fourth-order valence-electron chi connectivity index (χ4n) is 2.24. The van der Waals surface area contributed by atoms with Gasteiger partial charge in [-0.1, -0.05) is 5.16 Å². The van der Waals surface area contributed by atoms with Crippen molar-refractivity contribution in [2.24, 2.45) is 4.36 Å². The number of hydrogen-bond acceptors (Lipinski definition) is 6. The quantitative estimate of drug-likeness (QED) is 0.578. The summed E-state index contributed by atoms with van der Waals surface area (Å²) < 4.78 is 77.9. The van der Waals surface area contributed by atoms with Gasteiger partial charge in [-0.3, -0.25) is 0 Å². The molecule has 0 aliphatic rings. The molecule has 3 aromatic rings. The van der Waals surface area contributed by atoms with Gasteiger partial charge in [-0.25, -0.2) is 8.60 Å². The van der Waals surface area contributed by atoms with E-state index in [1.165, 1.54) is 25.5 Å². The average molecular weight is 415 g/mol. The Bertz CT molecular complexity index is 1120. The molecule has 28 heavy (non-hydrogen) atoms. The Kier molecular flexibility index (Phi) is 5.11. The van der Waals surface area contributed by atoms with E-state index in [9.17, 15) is 21.8 Å². The number of ether oxygens (including phenoxy) is 1. The predicted molar refractivity (Wildman–Crippen MR) is 92.1 cm³/mol. The number of nitrogens with zero attached hydrogens (tertiary/aromatic N) is 3. The Balaban J connectivity index is 1.94. The smallest absolute Gasteiger partial charge is 0.471 e. The van der Waals surface area contributed by atoms with Crippen molar-refractivity contribution < 1.29 is 31.0 Å². The molecule has 0 bridgehead atoms. The van der Waals surface area contributed by atoms with Gasteiger partial charge in [0.2, 0.25) is 5.82 Å². The Morgan fingerprint density at radius 1 is 1.14 bits per heavy atom. The maximum Gasteiger partial charge on any atom is 0.471 e. The lowest BCUT2D eigenvalue weighted by molar-refractivity contribution is -0.159. The van der Waals surface area contributed by atoms with Gasteiger partial charge in [0, 0.05) is 16.7 Å². The molecule has 1 aromatic heterocycles. The minimum Gasteiger partial charge on any atom is -0.497 e. The summed E-state index contributed by atoms with van der Waals surface area (Å²) in [5, 5.41) is 3.19. The monoisotopic (exact) mass is 415 g/mol. The molecule has 0 saturated heterocycles. The molecular weight excluding hydrogens is 402 g/mol. The molecule has 6 nitrogen and oxygen atoms in total. The topological polar surface area (TPSA) is 77.6 Å². The van der Waals surface area contributed by atoms with Crippen molar-refractivity contribution in [3.05, 3.63) is 54.2 Å². The fourth-order valence-corrected chi connectivity index (χ4v) is 3.51. The van der Waals surface area contributed by atoms with Crippen LogP contribution in [0.3, 0.4) is 0 Å². The van der Waals surface area contributed by atoms with E-state index < -0.39 is 33.4 Å². The predicted octanol–water partition coefficient (Wildman–Crippen LogP) is 4.69. The van der Waals surface area contributed by atoms with E-state index in [1.54, 1.807) is 24.3 Å². The number of aromatic nitrogens is 2. The van der Waals surface area contributed by atoms with Crippen LogP contribution in [0.4, 0.5) is 23.2 Å². The first-order chi connectivity index (χ1) is 13.1. The summed E-state index contributed by atoms with van der Waals surface area (Å²) in [6, 6.07) is 9.64. The summed E-state index contributed by atoms with van der Waals surface area (Å²) >= 11 is 0. The van der Waals surface area contributed by atoms with Gasteiger partial charge >= 0.3 is 12.1 Å². The van der Waals surface area contributed by atoms with Crippen LogP contribution in [0.5, 0.6) is 5.75 Å². The lowest BCUT2D eigenvalue weighted by Gasteiger charge is -2.07. The molecule has 1 unspecified atom stereocenters. The fraction of sp³-hybridized carbons (Fsp3) is 0.176. The minimum atomic E-state index is -4.80. The molecule has 0 spiro atoms. The summed E-state index contributed by atoms with van der Waals surface area (Å²) in [6.45, 7) is 0. The van der Waals surface area contributed by atoms with Crippen LogP contribution < -0.4 is 4.74 Å². The summed E-state index contributed by atoms with van der Waals surface area (Å²) in [5.41, 5.74) is -0.255. The molecule has 0 radical (unpaired) electrons. The van der Waals surface area contributed by atoms with E-state index in [4.69, 9.17) is 4.74 Å². The molecule has 11 heteroatoms. The minimum absolute atomic E-state index is 0.0391. The van der Waals surface area contributed by atoms with Crippen LogP contribution in [-0.4, -0.2) is 27.7 Å². The number of benzene rings is 2. The second kappa shape index (κ2) is 7.23. The molecule has 3 rings (SSSR count). The maximum atomic E-state index is 14.4. The third-order valence-corrected chi connectivity index (χ3v) is 5.34. The SMILES string of the molecule is COc1ccc(S(C)(=O)=Nc2ccc(-c3noc(C(F)(F)F)n3)cc2F)cc1. The van der Waals surface area contributed by atoms with Crippen LogP contribution in [0, 0.1) is 5.82 Å². The highest BCUT2D eigenvalue weighted by molar-refractivity contribution is 7.93. The van der Waals surface area contributed by atoms with E-state index >= 15 is 0 Å². The molecular formula is C17H13F4N3O3S. The first-order valence-corrected chi connectivity index (χ1v) is 9.59. The highest BCUT2D eigenvalue weighted by Gasteiger charge is 2.38. The molecule has 0 saturated carbocycles. The number of rotatable bonds is 4. The van der Waals surface area contributed by atoms with Crippen molar-refractivity contribution in [3.63, 3.8) is 0 Å². The highest BCUT2D eigenvalue weighted by Crippen LogP contribution is 2.31. The van der Waals surface area contributed by atoms with E-state index in [2.05, 4.69) is 19.0 Å². The lowest BCUT2D eigenvalue weighted by Crippen LogP contribution is -2.04. The zero-order chi connectivity index (χ0) is 20.5. The Morgan fingerprint density at radius 2 is 1.82 bits per heavy atom. The summed E-state index contributed by atoms with van der Waals surface area (Å²) in [5.74, 6) is -2.29. The molecule has 0 aliphatic heterocycles. The molecule has 148 valence electrons. The van der Waals surface area contributed by atoms with Crippen LogP contribution in [0.2, 0.25) is 0 Å². The second-order valence-corrected chi connectivity index (χ2v) is 7.92. The Labute approximate surface area is 157 Å². The third-order valence-electron chi connectivity index (χ3n) is 3.64. The van der Waals surface area contributed by atoms with Gasteiger partial charge in [0.05, 0.1) is 16.8 Å². The van der Waals surface area contributed by atoms with E-state index in [0.29, 0.717) is 10.6 Å². The molecule has 1 atom stereocenters.